The van der Waals surface area contributed by atoms with E-state index in [0.717, 1.165) is 23.4 Å². The van der Waals surface area contributed by atoms with Crippen molar-refractivity contribution in [3.63, 3.8) is 0 Å². The van der Waals surface area contributed by atoms with Gasteiger partial charge in [0.2, 0.25) is 5.91 Å². The first-order chi connectivity index (χ1) is 17.3. The molecule has 1 aliphatic rings. The van der Waals surface area contributed by atoms with Crippen LogP contribution < -0.4 is 21.1 Å². The van der Waals surface area contributed by atoms with Gasteiger partial charge in [-0.3, -0.25) is 14.2 Å². The molecule has 2 aromatic carbocycles. The van der Waals surface area contributed by atoms with Crippen molar-refractivity contribution in [2.75, 3.05) is 39.6 Å². The highest BCUT2D eigenvalue weighted by atomic mass is 16.5. The molecule has 0 radical (unpaired) electrons. The van der Waals surface area contributed by atoms with Crippen LogP contribution in [0.15, 0.2) is 41.2 Å². The third-order valence-corrected chi connectivity index (χ3v) is 6.95. The number of hydrogen-bond donors (Lipinski definition) is 3. The van der Waals surface area contributed by atoms with Crippen LogP contribution in [-0.2, 0) is 4.79 Å². The van der Waals surface area contributed by atoms with Gasteiger partial charge in [0.25, 0.3) is 5.91 Å². The molecule has 1 aliphatic carbocycles. The van der Waals surface area contributed by atoms with Crippen LogP contribution in [0.25, 0.3) is 11.0 Å². The zero-order valence-corrected chi connectivity index (χ0v) is 21.4. The Morgan fingerprint density at radius 3 is 2.58 bits per heavy atom. The summed E-state index contributed by atoms with van der Waals surface area (Å²) in [7, 11) is 5.51. The van der Waals surface area contributed by atoms with E-state index in [2.05, 4.69) is 15.6 Å². The van der Waals surface area contributed by atoms with Crippen molar-refractivity contribution < 1.29 is 14.3 Å². The van der Waals surface area contributed by atoms with Gasteiger partial charge in [-0.1, -0.05) is 12.1 Å². The average Bonchev–Trinajstić information content (AvgIpc) is 3.20. The lowest BCUT2D eigenvalue weighted by molar-refractivity contribution is -0.121. The fourth-order valence-electron chi connectivity index (χ4n) is 4.93. The Bertz CT molecular complexity index is 1300. The Morgan fingerprint density at radius 1 is 1.14 bits per heavy atom. The van der Waals surface area contributed by atoms with Gasteiger partial charge in [0.1, 0.15) is 5.75 Å². The number of H-pyrrole nitrogens is 1. The van der Waals surface area contributed by atoms with Crippen molar-refractivity contribution in [1.82, 2.24) is 19.8 Å². The highest BCUT2D eigenvalue weighted by Gasteiger charge is 2.29. The second-order valence-electron chi connectivity index (χ2n) is 9.74. The molecule has 3 N–H and O–H groups in total. The van der Waals surface area contributed by atoms with Crippen molar-refractivity contribution in [2.45, 2.75) is 38.6 Å². The summed E-state index contributed by atoms with van der Waals surface area (Å²) in [6, 6.07) is 11.0. The number of para-hydroxylation sites is 1. The van der Waals surface area contributed by atoms with Crippen LogP contribution in [0.4, 0.5) is 5.69 Å². The van der Waals surface area contributed by atoms with E-state index in [1.54, 1.807) is 17.7 Å². The Hall–Kier alpha value is -3.59. The molecule has 9 nitrogen and oxygen atoms in total. The monoisotopic (exact) mass is 493 g/mol. The first kappa shape index (κ1) is 25.5. The predicted molar refractivity (Wildman–Crippen MR) is 141 cm³/mol. The normalized spacial score (nSPS) is 17.8. The number of amides is 2. The minimum absolute atomic E-state index is 0.0117. The summed E-state index contributed by atoms with van der Waals surface area (Å²) in [5.41, 5.74) is 3.24. The molecule has 36 heavy (non-hydrogen) atoms. The number of aromatic nitrogens is 2. The number of carbonyl (C=O) groups is 2. The predicted octanol–water partition coefficient (Wildman–Crippen LogP) is 3.31. The number of nitrogens with zero attached hydrogens (tertiary/aromatic N) is 2. The topological polar surface area (TPSA) is 108 Å². The summed E-state index contributed by atoms with van der Waals surface area (Å²) >= 11 is 0. The molecule has 192 valence electrons. The number of benzene rings is 2. The number of ether oxygens (including phenoxy) is 1. The van der Waals surface area contributed by atoms with E-state index in [0.29, 0.717) is 49.0 Å². The third kappa shape index (κ3) is 5.46. The molecule has 0 unspecified atom stereocenters. The van der Waals surface area contributed by atoms with Crippen LogP contribution in [0.3, 0.4) is 0 Å². The summed E-state index contributed by atoms with van der Waals surface area (Å²) in [5, 5.41) is 5.92. The van der Waals surface area contributed by atoms with E-state index < -0.39 is 0 Å². The number of aromatic amines is 1. The molecule has 4 rings (SSSR count). The second-order valence-corrected chi connectivity index (χ2v) is 9.74. The molecule has 0 bridgehead atoms. The Kier molecular flexibility index (Phi) is 7.79. The molecule has 0 saturated heterocycles. The molecule has 0 aliphatic heterocycles. The van der Waals surface area contributed by atoms with E-state index in [1.165, 1.54) is 0 Å². The fourth-order valence-corrected chi connectivity index (χ4v) is 4.93. The van der Waals surface area contributed by atoms with Crippen molar-refractivity contribution in [2.24, 2.45) is 5.92 Å². The molecular formula is C27H35N5O4. The van der Waals surface area contributed by atoms with E-state index in [9.17, 15) is 14.4 Å². The smallest absolute Gasteiger partial charge is 0.326 e. The molecule has 1 saturated carbocycles. The lowest BCUT2D eigenvalue weighted by Crippen LogP contribution is -2.31. The van der Waals surface area contributed by atoms with Gasteiger partial charge in [-0.15, -0.1) is 0 Å². The number of imidazole rings is 1. The molecule has 3 aromatic rings. The Balaban J connectivity index is 1.44. The standard InChI is InChI=1S/C27H35N5O4/c1-17-8-11-19(16-23(17)36-4)29-25(33)18-9-12-20(13-10-18)32-22-7-5-6-21(24(22)30-27(32)35)26(34)28-14-15-31(2)3/h5-8,11,16,18,20H,9-10,12-15H2,1-4H3,(H,28,34)(H,29,33)(H,30,35). The first-order valence-corrected chi connectivity index (χ1v) is 12.4. The molecule has 0 atom stereocenters. The minimum atomic E-state index is -0.224. The largest absolute Gasteiger partial charge is 0.496 e. The van der Waals surface area contributed by atoms with Crippen LogP contribution in [0, 0.1) is 12.8 Å². The number of likely N-dealkylation sites (N-methyl/N-ethyl adjacent to an activating group) is 1. The summed E-state index contributed by atoms with van der Waals surface area (Å²) < 4.78 is 7.11. The lowest BCUT2D eigenvalue weighted by Gasteiger charge is -2.28. The molecular weight excluding hydrogens is 458 g/mol. The molecule has 1 fully saturated rings. The van der Waals surface area contributed by atoms with Gasteiger partial charge in [0.05, 0.1) is 23.7 Å². The van der Waals surface area contributed by atoms with Crippen LogP contribution >= 0.6 is 0 Å². The number of carbonyl (C=O) groups excluding carboxylic acids is 2. The van der Waals surface area contributed by atoms with Crippen molar-refractivity contribution in [3.05, 3.63) is 58.0 Å². The molecule has 1 heterocycles. The van der Waals surface area contributed by atoms with Crippen LogP contribution in [0.1, 0.15) is 47.6 Å². The third-order valence-electron chi connectivity index (χ3n) is 6.95. The quantitative estimate of drug-likeness (QED) is 0.446. The van der Waals surface area contributed by atoms with Crippen LogP contribution in [0.2, 0.25) is 0 Å². The second kappa shape index (κ2) is 11.0. The number of aryl methyl sites for hydroxylation is 1. The van der Waals surface area contributed by atoms with E-state index in [-0.39, 0.29) is 29.5 Å². The zero-order chi connectivity index (χ0) is 25.8. The number of methoxy groups -OCH3 is 1. The zero-order valence-electron chi connectivity index (χ0n) is 21.4. The van der Waals surface area contributed by atoms with E-state index in [4.69, 9.17) is 4.74 Å². The fraction of sp³-hybridized carbons (Fsp3) is 0.444. The molecule has 9 heteroatoms. The summed E-state index contributed by atoms with van der Waals surface area (Å²) in [6.07, 6.45) is 2.79. The molecule has 1 aromatic heterocycles. The molecule has 2 amide bonds. The lowest BCUT2D eigenvalue weighted by atomic mass is 9.85. The van der Waals surface area contributed by atoms with E-state index in [1.807, 2.05) is 56.3 Å². The van der Waals surface area contributed by atoms with Crippen molar-refractivity contribution >= 4 is 28.5 Å². The molecule has 0 spiro atoms. The van der Waals surface area contributed by atoms with Gasteiger partial charge in [-0.25, -0.2) is 4.79 Å². The van der Waals surface area contributed by atoms with Gasteiger partial charge in [0.15, 0.2) is 0 Å². The highest BCUT2D eigenvalue weighted by Crippen LogP contribution is 2.34. The van der Waals surface area contributed by atoms with Gasteiger partial charge >= 0.3 is 5.69 Å². The van der Waals surface area contributed by atoms with Gasteiger partial charge in [-0.05, 0) is 70.5 Å². The minimum Gasteiger partial charge on any atom is -0.496 e. The SMILES string of the molecule is COc1cc(NC(=O)C2CCC(n3c(=O)[nH]c4c(C(=O)NCCN(C)C)cccc43)CC2)ccc1C. The highest BCUT2D eigenvalue weighted by molar-refractivity contribution is 6.04. The van der Waals surface area contributed by atoms with Crippen LogP contribution in [-0.4, -0.2) is 60.6 Å². The average molecular weight is 494 g/mol. The number of fused-ring (bicyclic) bond motifs is 1. The van der Waals surface area contributed by atoms with E-state index >= 15 is 0 Å². The van der Waals surface area contributed by atoms with Gasteiger partial charge < -0.3 is 25.3 Å². The number of hydrogen-bond acceptors (Lipinski definition) is 5. The summed E-state index contributed by atoms with van der Waals surface area (Å²) in [4.78, 5) is 43.5. The van der Waals surface area contributed by atoms with Crippen molar-refractivity contribution in [3.8, 4) is 5.75 Å². The maximum Gasteiger partial charge on any atom is 0.326 e. The number of rotatable bonds is 8. The number of anilines is 1. The van der Waals surface area contributed by atoms with Gasteiger partial charge in [-0.2, -0.15) is 0 Å². The maximum atomic E-state index is 12.9. The summed E-state index contributed by atoms with van der Waals surface area (Å²) in [5.74, 6) is 0.403. The van der Waals surface area contributed by atoms with Crippen molar-refractivity contribution in [1.29, 1.82) is 0 Å². The Labute approximate surface area is 210 Å². The van der Waals surface area contributed by atoms with Crippen LogP contribution in [0.5, 0.6) is 5.75 Å². The number of nitrogens with one attached hydrogen (secondary N) is 3. The maximum absolute atomic E-state index is 12.9. The van der Waals surface area contributed by atoms with Gasteiger partial charge in [0, 0.05) is 36.8 Å². The summed E-state index contributed by atoms with van der Waals surface area (Å²) in [6.45, 7) is 3.21. The Morgan fingerprint density at radius 2 is 1.89 bits per heavy atom. The first-order valence-electron chi connectivity index (χ1n) is 12.4.